The minimum atomic E-state index is -4.12. The number of hydrogen-bond donors (Lipinski definition) is 0. The van der Waals surface area contributed by atoms with Gasteiger partial charge in [-0.2, -0.15) is 8.42 Å². The van der Waals surface area contributed by atoms with Gasteiger partial charge in [0, 0.05) is 6.42 Å². The summed E-state index contributed by atoms with van der Waals surface area (Å²) in [5.74, 6) is -3.12. The van der Waals surface area contributed by atoms with Crippen molar-refractivity contribution < 1.29 is 21.4 Å². The van der Waals surface area contributed by atoms with E-state index in [0.29, 0.717) is 12.8 Å². The molecule has 0 fully saturated rings. The molecule has 0 radical (unpaired) electrons. The Bertz CT molecular complexity index is 495. The molecule has 19 heavy (non-hydrogen) atoms. The third-order valence-corrected chi connectivity index (χ3v) is 3.91. The van der Waals surface area contributed by atoms with Gasteiger partial charge in [0.25, 0.3) is 16.0 Å². The monoisotopic (exact) mass is 292 g/mol. The Balaban J connectivity index is 2.68. The van der Waals surface area contributed by atoms with Gasteiger partial charge in [-0.3, -0.25) is 4.18 Å². The van der Waals surface area contributed by atoms with E-state index in [9.17, 15) is 17.2 Å². The molecule has 0 amide bonds. The number of rotatable bonds is 7. The first-order valence-corrected chi connectivity index (χ1v) is 7.51. The van der Waals surface area contributed by atoms with E-state index < -0.39 is 22.6 Å². The fourth-order valence-electron chi connectivity index (χ4n) is 1.44. The average Bonchev–Trinajstić information content (AvgIpc) is 2.35. The molecule has 0 aliphatic heterocycles. The lowest BCUT2D eigenvalue weighted by atomic mass is 10.2. The quantitative estimate of drug-likeness (QED) is 0.722. The van der Waals surface area contributed by atoms with Crippen molar-refractivity contribution in [1.82, 2.24) is 0 Å². The molecule has 0 unspecified atom stereocenters. The molecule has 0 spiro atoms. The molecule has 0 atom stereocenters. The number of alkyl halides is 2. The zero-order valence-electron chi connectivity index (χ0n) is 11.0. The van der Waals surface area contributed by atoms with E-state index in [0.717, 1.165) is 5.56 Å². The van der Waals surface area contributed by atoms with E-state index >= 15 is 0 Å². The van der Waals surface area contributed by atoms with Gasteiger partial charge < -0.3 is 0 Å². The molecule has 108 valence electrons. The first-order chi connectivity index (χ1) is 8.77. The van der Waals surface area contributed by atoms with Crippen LogP contribution in [0, 0.1) is 6.92 Å². The Morgan fingerprint density at radius 3 is 2.32 bits per heavy atom. The van der Waals surface area contributed by atoms with Crippen LogP contribution in [-0.4, -0.2) is 20.9 Å². The Kier molecular flexibility index (Phi) is 5.43. The minimum absolute atomic E-state index is 0.107. The Hall–Kier alpha value is -1.01. The van der Waals surface area contributed by atoms with Crippen LogP contribution in [0.25, 0.3) is 0 Å². The maximum absolute atomic E-state index is 13.3. The predicted molar refractivity (Wildman–Crippen MR) is 68.8 cm³/mol. The highest BCUT2D eigenvalue weighted by Crippen LogP contribution is 2.24. The van der Waals surface area contributed by atoms with Crippen LogP contribution in [0.15, 0.2) is 29.2 Å². The molecule has 0 aliphatic carbocycles. The maximum Gasteiger partial charge on any atom is 0.297 e. The molecule has 0 aliphatic rings. The van der Waals surface area contributed by atoms with Gasteiger partial charge in [0.1, 0.15) is 6.61 Å². The van der Waals surface area contributed by atoms with Gasteiger partial charge in [0.2, 0.25) is 0 Å². The van der Waals surface area contributed by atoms with E-state index in [2.05, 4.69) is 4.18 Å². The number of halogens is 2. The first-order valence-electron chi connectivity index (χ1n) is 6.11. The summed E-state index contributed by atoms with van der Waals surface area (Å²) in [5.41, 5.74) is 0.882. The summed E-state index contributed by atoms with van der Waals surface area (Å²) in [6, 6.07) is 5.86. The lowest BCUT2D eigenvalue weighted by molar-refractivity contribution is -0.0475. The zero-order chi connectivity index (χ0) is 14.5. The normalized spacial score (nSPS) is 12.6. The van der Waals surface area contributed by atoms with Crippen LogP contribution in [0.5, 0.6) is 0 Å². The Labute approximate surface area is 112 Å². The van der Waals surface area contributed by atoms with Crippen molar-refractivity contribution in [2.75, 3.05) is 6.61 Å². The SMILES string of the molecule is CCCCC(F)(F)COS(=O)(=O)c1ccc(C)cc1. The molecular weight excluding hydrogens is 274 g/mol. The molecule has 0 saturated heterocycles. The number of benzene rings is 1. The van der Waals surface area contributed by atoms with Crippen LogP contribution in [0.1, 0.15) is 31.7 Å². The number of aryl methyl sites for hydroxylation is 1. The van der Waals surface area contributed by atoms with Gasteiger partial charge >= 0.3 is 0 Å². The van der Waals surface area contributed by atoms with Crippen LogP contribution in [0.3, 0.4) is 0 Å². The van der Waals surface area contributed by atoms with Gasteiger partial charge in [-0.05, 0) is 25.5 Å². The predicted octanol–water partition coefficient (Wildman–Crippen LogP) is 3.53. The topological polar surface area (TPSA) is 43.4 Å². The van der Waals surface area contributed by atoms with Crippen molar-refractivity contribution >= 4 is 10.1 Å². The fraction of sp³-hybridized carbons (Fsp3) is 0.538. The van der Waals surface area contributed by atoms with Crippen LogP contribution in [-0.2, 0) is 14.3 Å². The van der Waals surface area contributed by atoms with Crippen molar-refractivity contribution in [3.63, 3.8) is 0 Å². The molecule has 0 saturated carbocycles. The summed E-state index contributed by atoms with van der Waals surface area (Å²) in [6.07, 6.45) is 0.591. The second kappa shape index (κ2) is 6.43. The highest BCUT2D eigenvalue weighted by molar-refractivity contribution is 7.86. The highest BCUT2D eigenvalue weighted by atomic mass is 32.2. The lowest BCUT2D eigenvalue weighted by Gasteiger charge is -2.15. The van der Waals surface area contributed by atoms with Crippen molar-refractivity contribution in [1.29, 1.82) is 0 Å². The standard InChI is InChI=1S/C13H18F2O3S/c1-3-4-9-13(14,15)10-18-19(16,17)12-7-5-11(2)6-8-12/h5-8H,3-4,9-10H2,1-2H3. The summed E-state index contributed by atoms with van der Waals surface area (Å²) in [6.45, 7) is 2.49. The molecule has 1 aromatic rings. The summed E-state index contributed by atoms with van der Waals surface area (Å²) in [5, 5.41) is 0. The van der Waals surface area contributed by atoms with E-state index in [1.165, 1.54) is 12.1 Å². The molecule has 6 heteroatoms. The first kappa shape index (κ1) is 16.0. The van der Waals surface area contributed by atoms with E-state index in [1.54, 1.807) is 26.0 Å². The second-order valence-corrected chi connectivity index (χ2v) is 6.10. The van der Waals surface area contributed by atoms with Gasteiger partial charge in [-0.15, -0.1) is 0 Å². The van der Waals surface area contributed by atoms with Crippen molar-refractivity contribution in [2.24, 2.45) is 0 Å². The Morgan fingerprint density at radius 1 is 1.21 bits per heavy atom. The molecule has 0 N–H and O–H groups in total. The second-order valence-electron chi connectivity index (χ2n) is 4.49. The summed E-state index contributed by atoms with van der Waals surface area (Å²) >= 11 is 0. The average molecular weight is 292 g/mol. The van der Waals surface area contributed by atoms with Gasteiger partial charge in [0.15, 0.2) is 0 Å². The molecule has 1 rings (SSSR count). The maximum atomic E-state index is 13.3. The third kappa shape index (κ3) is 5.24. The van der Waals surface area contributed by atoms with E-state index in [-0.39, 0.29) is 11.3 Å². The number of unbranched alkanes of at least 4 members (excludes halogenated alkanes) is 1. The van der Waals surface area contributed by atoms with Crippen molar-refractivity contribution in [3.8, 4) is 0 Å². The molecule has 1 aromatic carbocycles. The van der Waals surface area contributed by atoms with E-state index in [4.69, 9.17) is 0 Å². The van der Waals surface area contributed by atoms with Crippen LogP contribution in [0.2, 0.25) is 0 Å². The summed E-state index contributed by atoms with van der Waals surface area (Å²) in [7, 11) is -4.12. The highest BCUT2D eigenvalue weighted by Gasteiger charge is 2.31. The van der Waals surface area contributed by atoms with E-state index in [1.807, 2.05) is 0 Å². The minimum Gasteiger partial charge on any atom is -0.260 e. The Morgan fingerprint density at radius 2 is 1.79 bits per heavy atom. The summed E-state index contributed by atoms with van der Waals surface area (Å²) < 4.78 is 54.5. The van der Waals surface area contributed by atoms with Crippen molar-refractivity contribution in [3.05, 3.63) is 29.8 Å². The molecular formula is C13H18F2O3S. The van der Waals surface area contributed by atoms with Gasteiger partial charge in [-0.25, -0.2) is 8.78 Å². The lowest BCUT2D eigenvalue weighted by Crippen LogP contribution is -2.25. The molecule has 3 nitrogen and oxygen atoms in total. The fourth-order valence-corrected chi connectivity index (χ4v) is 2.38. The third-order valence-electron chi connectivity index (χ3n) is 2.63. The van der Waals surface area contributed by atoms with Crippen LogP contribution in [0.4, 0.5) is 8.78 Å². The molecule has 0 bridgehead atoms. The summed E-state index contributed by atoms with van der Waals surface area (Å²) in [4.78, 5) is -0.107. The molecule has 0 heterocycles. The van der Waals surface area contributed by atoms with Gasteiger partial charge in [-0.1, -0.05) is 31.0 Å². The smallest absolute Gasteiger partial charge is 0.260 e. The van der Waals surface area contributed by atoms with Crippen LogP contribution >= 0.6 is 0 Å². The van der Waals surface area contributed by atoms with Crippen LogP contribution < -0.4 is 0 Å². The largest absolute Gasteiger partial charge is 0.297 e. The van der Waals surface area contributed by atoms with Gasteiger partial charge in [0.05, 0.1) is 4.90 Å². The zero-order valence-corrected chi connectivity index (χ0v) is 11.8. The number of hydrogen-bond acceptors (Lipinski definition) is 3. The van der Waals surface area contributed by atoms with Crippen molar-refractivity contribution in [2.45, 2.75) is 43.9 Å². The molecule has 0 aromatic heterocycles.